The minimum absolute atomic E-state index is 0.376. The maximum atomic E-state index is 11.8. The first-order chi connectivity index (χ1) is 17.4. The quantitative estimate of drug-likeness (QED) is 0.0368. The van der Waals surface area contributed by atoms with Gasteiger partial charge in [-0.3, -0.25) is 4.74 Å². The SMILES string of the molecule is CCCCCCCCCCC(CCCCCCCCC)CC(S)OC(CC)OC(O)([PH+]=O)C(=O)OC. The smallest absolute Gasteiger partial charge is 0.461 e. The normalized spacial score (nSPS) is 15.9. The van der Waals surface area contributed by atoms with Crippen molar-refractivity contribution in [2.24, 2.45) is 5.92 Å². The third-order valence-electron chi connectivity index (χ3n) is 6.76. The summed E-state index contributed by atoms with van der Waals surface area (Å²) in [4.78, 5) is 11.8. The maximum absolute atomic E-state index is 11.8. The van der Waals surface area contributed by atoms with Gasteiger partial charge in [0.15, 0.2) is 6.29 Å². The van der Waals surface area contributed by atoms with E-state index in [1.54, 1.807) is 0 Å². The fraction of sp³-hybridized carbons (Fsp3) is 0.964. The van der Waals surface area contributed by atoms with E-state index in [-0.39, 0.29) is 0 Å². The summed E-state index contributed by atoms with van der Waals surface area (Å²) in [7, 11) is -0.310. The summed E-state index contributed by atoms with van der Waals surface area (Å²) in [5, 5.41) is 10.2. The van der Waals surface area contributed by atoms with E-state index in [9.17, 15) is 14.5 Å². The zero-order valence-corrected chi connectivity index (χ0v) is 25.5. The van der Waals surface area contributed by atoms with Crippen LogP contribution in [0.5, 0.6) is 0 Å². The van der Waals surface area contributed by atoms with Gasteiger partial charge in [-0.25, -0.2) is 4.79 Å². The average molecular weight is 552 g/mol. The zero-order chi connectivity index (χ0) is 27.1. The molecule has 36 heavy (non-hydrogen) atoms. The Hall–Kier alpha value is -0.200. The van der Waals surface area contributed by atoms with E-state index in [1.165, 1.54) is 96.3 Å². The molecule has 5 unspecified atom stereocenters. The van der Waals surface area contributed by atoms with E-state index < -0.39 is 31.7 Å². The third kappa shape index (κ3) is 18.1. The molecule has 0 rings (SSSR count). The minimum atomic E-state index is -2.52. The summed E-state index contributed by atoms with van der Waals surface area (Å²) in [6.07, 6.45) is 22.1. The Morgan fingerprint density at radius 2 is 1.28 bits per heavy atom. The zero-order valence-electron chi connectivity index (χ0n) is 23.6. The summed E-state index contributed by atoms with van der Waals surface area (Å²) in [5.74, 6) is -0.582. The summed E-state index contributed by atoms with van der Waals surface area (Å²) in [6, 6.07) is 0. The van der Waals surface area contributed by atoms with Crippen molar-refractivity contribution in [2.45, 2.75) is 160 Å². The van der Waals surface area contributed by atoms with Crippen molar-refractivity contribution >= 4 is 27.1 Å². The number of thiol groups is 1. The first-order valence-corrected chi connectivity index (χ1v) is 16.0. The lowest BCUT2D eigenvalue weighted by atomic mass is 9.91. The molecular weight excluding hydrogens is 495 g/mol. The van der Waals surface area contributed by atoms with Crippen molar-refractivity contribution in [1.29, 1.82) is 0 Å². The molecule has 0 radical (unpaired) electrons. The van der Waals surface area contributed by atoms with Crippen LogP contribution in [0.2, 0.25) is 0 Å². The number of esters is 1. The van der Waals surface area contributed by atoms with E-state index in [2.05, 4.69) is 31.2 Å². The fourth-order valence-corrected chi connectivity index (χ4v) is 5.30. The molecule has 5 atom stereocenters. The number of carbonyl (C=O) groups excluding carboxylic acids is 1. The second-order valence-electron chi connectivity index (χ2n) is 10.1. The first kappa shape index (κ1) is 35.8. The van der Waals surface area contributed by atoms with Crippen LogP contribution in [-0.4, -0.2) is 35.4 Å². The third-order valence-corrected chi connectivity index (χ3v) is 7.69. The van der Waals surface area contributed by atoms with Crippen molar-refractivity contribution in [3.63, 3.8) is 0 Å². The second kappa shape index (κ2) is 23.9. The molecule has 0 bridgehead atoms. The number of carbonyl (C=O) groups is 1. The Morgan fingerprint density at radius 1 is 0.833 bits per heavy atom. The molecule has 0 aliphatic rings. The lowest BCUT2D eigenvalue weighted by Gasteiger charge is -2.26. The Kier molecular flexibility index (Phi) is 23.8. The Morgan fingerprint density at radius 3 is 1.67 bits per heavy atom. The van der Waals surface area contributed by atoms with Crippen molar-refractivity contribution in [2.75, 3.05) is 7.11 Å². The standard InChI is InChI=1S/C28H55O6PS/c1-5-8-10-12-14-16-18-20-22-24(21-19-17-15-13-11-9-6-2)23-26(36)33-25(7-3)34-28(30,35-31)27(29)32-4/h24-26,30,36H,5-23H2,1-4H3/p+1. The Labute approximate surface area is 228 Å². The van der Waals surface area contributed by atoms with Crippen LogP contribution in [0.3, 0.4) is 0 Å². The van der Waals surface area contributed by atoms with E-state index in [0.29, 0.717) is 12.3 Å². The predicted octanol–water partition coefficient (Wildman–Crippen LogP) is 8.53. The van der Waals surface area contributed by atoms with Crippen molar-refractivity contribution < 1.29 is 28.7 Å². The summed E-state index contributed by atoms with van der Waals surface area (Å²) < 4.78 is 27.2. The van der Waals surface area contributed by atoms with Crippen LogP contribution >= 0.6 is 21.1 Å². The van der Waals surface area contributed by atoms with Crippen molar-refractivity contribution in [3.05, 3.63) is 0 Å². The fourth-order valence-electron chi connectivity index (χ4n) is 4.50. The highest BCUT2D eigenvalue weighted by molar-refractivity contribution is 7.80. The highest BCUT2D eigenvalue weighted by atomic mass is 32.1. The number of rotatable bonds is 26. The topological polar surface area (TPSA) is 82.1 Å². The van der Waals surface area contributed by atoms with E-state index >= 15 is 0 Å². The van der Waals surface area contributed by atoms with Gasteiger partial charge in [-0.15, -0.1) is 12.6 Å². The summed E-state index contributed by atoms with van der Waals surface area (Å²) >= 11 is 4.65. The molecule has 0 aromatic carbocycles. The van der Waals surface area contributed by atoms with Crippen LogP contribution < -0.4 is 0 Å². The molecule has 0 aromatic rings. The molecular formula is C28H56O6PS+. The monoisotopic (exact) mass is 551 g/mol. The van der Waals surface area contributed by atoms with Gasteiger partial charge in [-0.05, 0) is 18.8 Å². The van der Waals surface area contributed by atoms with Crippen LogP contribution in [0.25, 0.3) is 0 Å². The van der Waals surface area contributed by atoms with E-state index in [4.69, 9.17) is 9.47 Å². The van der Waals surface area contributed by atoms with Gasteiger partial charge in [-0.1, -0.05) is 134 Å². The molecule has 0 aliphatic heterocycles. The number of ether oxygens (including phenoxy) is 3. The van der Waals surface area contributed by atoms with Crippen LogP contribution in [0, 0.1) is 5.92 Å². The largest absolute Gasteiger partial charge is 0.472 e. The van der Waals surface area contributed by atoms with Gasteiger partial charge in [0.2, 0.25) is 0 Å². The van der Waals surface area contributed by atoms with Crippen molar-refractivity contribution in [3.8, 4) is 0 Å². The predicted molar refractivity (Wildman–Crippen MR) is 153 cm³/mol. The lowest BCUT2D eigenvalue weighted by molar-refractivity contribution is -0.257. The number of hydrogen-bond acceptors (Lipinski definition) is 7. The van der Waals surface area contributed by atoms with Gasteiger partial charge in [0.1, 0.15) is 5.44 Å². The minimum Gasteiger partial charge on any atom is -0.461 e. The van der Waals surface area contributed by atoms with E-state index in [0.717, 1.165) is 26.4 Å². The number of hydrogen-bond donors (Lipinski definition) is 2. The highest BCUT2D eigenvalue weighted by Crippen LogP contribution is 2.30. The molecule has 0 aromatic heterocycles. The van der Waals surface area contributed by atoms with Gasteiger partial charge in [0.05, 0.1) is 7.11 Å². The molecule has 0 amide bonds. The average Bonchev–Trinajstić information content (AvgIpc) is 2.88. The molecule has 6 nitrogen and oxygen atoms in total. The number of methoxy groups -OCH3 is 1. The Bertz CT molecular complexity index is 538. The van der Waals surface area contributed by atoms with Crippen LogP contribution in [0.1, 0.15) is 143 Å². The van der Waals surface area contributed by atoms with Gasteiger partial charge in [0.25, 0.3) is 0 Å². The molecule has 8 heteroatoms. The van der Waals surface area contributed by atoms with Crippen LogP contribution in [0.15, 0.2) is 0 Å². The van der Waals surface area contributed by atoms with Crippen LogP contribution in [-0.2, 0) is 23.6 Å². The van der Waals surface area contributed by atoms with Gasteiger partial charge in [0, 0.05) is 0 Å². The Balaban J connectivity index is 4.67. The van der Waals surface area contributed by atoms with Gasteiger partial charge < -0.3 is 14.6 Å². The van der Waals surface area contributed by atoms with Crippen molar-refractivity contribution in [1.82, 2.24) is 0 Å². The van der Waals surface area contributed by atoms with Crippen LogP contribution in [0.4, 0.5) is 0 Å². The summed E-state index contributed by atoms with van der Waals surface area (Å²) in [5.41, 5.74) is -2.91. The molecule has 214 valence electrons. The molecule has 0 heterocycles. The molecule has 0 saturated carbocycles. The van der Waals surface area contributed by atoms with E-state index in [1.807, 2.05) is 6.92 Å². The maximum Gasteiger partial charge on any atom is 0.472 e. The molecule has 1 N–H and O–H groups in total. The van der Waals surface area contributed by atoms with Gasteiger partial charge >= 0.3 is 20.0 Å². The molecule has 0 fully saturated rings. The number of aliphatic hydroxyl groups is 1. The van der Waals surface area contributed by atoms with Gasteiger partial charge in [-0.2, -0.15) is 0 Å². The highest BCUT2D eigenvalue weighted by Gasteiger charge is 2.51. The number of unbranched alkanes of at least 4 members (excludes halogenated alkanes) is 13. The first-order valence-electron chi connectivity index (χ1n) is 14.6. The molecule has 0 saturated heterocycles. The summed E-state index contributed by atoms with van der Waals surface area (Å²) in [6.45, 7) is 6.31. The molecule has 0 aliphatic carbocycles. The second-order valence-corrected chi connectivity index (χ2v) is 11.5. The molecule has 0 spiro atoms. The lowest BCUT2D eigenvalue weighted by Crippen LogP contribution is -2.41.